The van der Waals surface area contributed by atoms with Crippen LogP contribution in [-0.2, 0) is 0 Å². The van der Waals surface area contributed by atoms with Crippen molar-refractivity contribution in [1.82, 2.24) is 5.43 Å². The highest BCUT2D eigenvalue weighted by Crippen LogP contribution is 2.16. The third-order valence-electron chi connectivity index (χ3n) is 3.84. The number of hydrazone groups is 1. The standard InChI is InChI=1S/C20H19N3O/c1-23(2)18-12-10-16(11-13-18)20(24)22-21-14-17-8-5-7-15-6-3-4-9-19(15)17/h3-14H,1-2H3,(H,22,24)/b21-14+. The molecule has 4 heteroatoms. The monoisotopic (exact) mass is 317 g/mol. The lowest BCUT2D eigenvalue weighted by Crippen LogP contribution is -2.18. The number of anilines is 1. The predicted octanol–water partition coefficient (Wildman–Crippen LogP) is 3.67. The molecule has 3 aromatic carbocycles. The van der Waals surface area contributed by atoms with Gasteiger partial charge in [0.05, 0.1) is 6.21 Å². The molecule has 3 aromatic rings. The van der Waals surface area contributed by atoms with Crippen LogP contribution in [0.3, 0.4) is 0 Å². The molecule has 3 rings (SSSR count). The third kappa shape index (κ3) is 3.43. The second kappa shape index (κ2) is 6.96. The minimum Gasteiger partial charge on any atom is -0.378 e. The molecule has 0 bridgehead atoms. The third-order valence-corrected chi connectivity index (χ3v) is 3.84. The van der Waals surface area contributed by atoms with Crippen molar-refractivity contribution in [3.63, 3.8) is 0 Å². The number of rotatable bonds is 4. The summed E-state index contributed by atoms with van der Waals surface area (Å²) in [6.07, 6.45) is 1.68. The fraction of sp³-hybridized carbons (Fsp3) is 0.100. The minimum absolute atomic E-state index is 0.225. The van der Waals surface area contributed by atoms with Crippen LogP contribution < -0.4 is 10.3 Å². The average molecular weight is 317 g/mol. The van der Waals surface area contributed by atoms with Crippen molar-refractivity contribution in [1.29, 1.82) is 0 Å². The summed E-state index contributed by atoms with van der Waals surface area (Å²) in [4.78, 5) is 14.1. The molecule has 0 heterocycles. The van der Waals surface area contributed by atoms with Gasteiger partial charge in [-0.05, 0) is 35.0 Å². The Bertz CT molecular complexity index is 878. The van der Waals surface area contributed by atoms with E-state index in [1.807, 2.05) is 61.5 Å². The van der Waals surface area contributed by atoms with Crippen molar-refractivity contribution in [2.45, 2.75) is 0 Å². The summed E-state index contributed by atoms with van der Waals surface area (Å²) < 4.78 is 0. The molecule has 0 aliphatic carbocycles. The summed E-state index contributed by atoms with van der Waals surface area (Å²) in [6.45, 7) is 0. The zero-order chi connectivity index (χ0) is 16.9. The molecule has 0 spiro atoms. The topological polar surface area (TPSA) is 44.7 Å². The average Bonchev–Trinajstić information content (AvgIpc) is 2.62. The van der Waals surface area contributed by atoms with Gasteiger partial charge in [0.25, 0.3) is 5.91 Å². The van der Waals surface area contributed by atoms with Crippen LogP contribution >= 0.6 is 0 Å². The highest BCUT2D eigenvalue weighted by Gasteiger charge is 2.04. The van der Waals surface area contributed by atoms with E-state index in [-0.39, 0.29) is 5.91 Å². The fourth-order valence-corrected chi connectivity index (χ4v) is 2.50. The van der Waals surface area contributed by atoms with Crippen LogP contribution in [0, 0.1) is 0 Å². The van der Waals surface area contributed by atoms with E-state index in [4.69, 9.17) is 0 Å². The zero-order valence-corrected chi connectivity index (χ0v) is 13.7. The van der Waals surface area contributed by atoms with Crippen molar-refractivity contribution >= 4 is 28.6 Å². The largest absolute Gasteiger partial charge is 0.378 e. The number of nitrogens with zero attached hydrogens (tertiary/aromatic N) is 2. The first-order valence-corrected chi connectivity index (χ1v) is 7.74. The Morgan fingerprint density at radius 1 is 0.958 bits per heavy atom. The maximum absolute atomic E-state index is 12.1. The van der Waals surface area contributed by atoms with Crippen molar-refractivity contribution in [3.8, 4) is 0 Å². The second-order valence-electron chi connectivity index (χ2n) is 5.71. The summed E-state index contributed by atoms with van der Waals surface area (Å²) in [5.41, 5.74) is 5.17. The number of carbonyl (C=O) groups excluding carboxylic acids is 1. The van der Waals surface area contributed by atoms with Gasteiger partial charge in [-0.1, -0.05) is 42.5 Å². The van der Waals surface area contributed by atoms with Crippen LogP contribution in [0.2, 0.25) is 0 Å². The van der Waals surface area contributed by atoms with Crippen LogP contribution in [0.15, 0.2) is 71.8 Å². The summed E-state index contributed by atoms with van der Waals surface area (Å²) in [5, 5.41) is 6.34. The van der Waals surface area contributed by atoms with Crippen LogP contribution in [-0.4, -0.2) is 26.2 Å². The van der Waals surface area contributed by atoms with E-state index in [2.05, 4.69) is 22.7 Å². The van der Waals surface area contributed by atoms with Gasteiger partial charge < -0.3 is 4.90 Å². The van der Waals surface area contributed by atoms with Crippen LogP contribution in [0.1, 0.15) is 15.9 Å². The Labute approximate surface area is 141 Å². The number of benzene rings is 3. The molecule has 24 heavy (non-hydrogen) atoms. The molecule has 0 saturated carbocycles. The Hall–Kier alpha value is -3.14. The summed E-state index contributed by atoms with van der Waals surface area (Å²) in [7, 11) is 3.92. The van der Waals surface area contributed by atoms with E-state index in [0.717, 1.165) is 22.0 Å². The van der Waals surface area contributed by atoms with Crippen LogP contribution in [0.5, 0.6) is 0 Å². The van der Waals surface area contributed by atoms with E-state index >= 15 is 0 Å². The van der Waals surface area contributed by atoms with Crippen molar-refractivity contribution < 1.29 is 4.79 Å². The molecule has 0 radical (unpaired) electrons. The molecular formula is C20H19N3O. The predicted molar refractivity (Wildman–Crippen MR) is 99.8 cm³/mol. The van der Waals surface area contributed by atoms with Gasteiger partial charge in [-0.15, -0.1) is 0 Å². The van der Waals surface area contributed by atoms with Crippen molar-refractivity contribution in [3.05, 3.63) is 77.9 Å². The molecule has 1 amide bonds. The van der Waals surface area contributed by atoms with Gasteiger partial charge in [0, 0.05) is 30.9 Å². The maximum atomic E-state index is 12.1. The molecule has 0 atom stereocenters. The first-order valence-electron chi connectivity index (χ1n) is 7.74. The lowest BCUT2D eigenvalue weighted by atomic mass is 10.1. The van der Waals surface area contributed by atoms with Gasteiger partial charge in [-0.3, -0.25) is 4.79 Å². The molecule has 120 valence electrons. The Balaban J connectivity index is 1.72. The van der Waals surface area contributed by atoms with E-state index in [0.29, 0.717) is 5.56 Å². The number of nitrogens with one attached hydrogen (secondary N) is 1. The molecule has 0 unspecified atom stereocenters. The fourth-order valence-electron chi connectivity index (χ4n) is 2.50. The number of hydrogen-bond donors (Lipinski definition) is 1. The van der Waals surface area contributed by atoms with Gasteiger partial charge in [0.1, 0.15) is 0 Å². The Morgan fingerprint density at radius 3 is 2.42 bits per heavy atom. The van der Waals surface area contributed by atoms with Gasteiger partial charge >= 0.3 is 0 Å². The number of carbonyl (C=O) groups is 1. The first kappa shape index (κ1) is 15.7. The second-order valence-corrected chi connectivity index (χ2v) is 5.71. The molecule has 0 aromatic heterocycles. The van der Waals surface area contributed by atoms with Crippen LogP contribution in [0.25, 0.3) is 10.8 Å². The maximum Gasteiger partial charge on any atom is 0.271 e. The molecule has 0 fully saturated rings. The van der Waals surface area contributed by atoms with Gasteiger partial charge in [0.2, 0.25) is 0 Å². The van der Waals surface area contributed by atoms with Gasteiger partial charge in [-0.2, -0.15) is 5.10 Å². The summed E-state index contributed by atoms with van der Waals surface area (Å²) >= 11 is 0. The summed E-state index contributed by atoms with van der Waals surface area (Å²) in [6, 6.07) is 21.5. The minimum atomic E-state index is -0.225. The quantitative estimate of drug-likeness (QED) is 0.589. The lowest BCUT2D eigenvalue weighted by molar-refractivity contribution is 0.0955. The van der Waals surface area contributed by atoms with Gasteiger partial charge in [0.15, 0.2) is 0 Å². The number of amides is 1. The van der Waals surface area contributed by atoms with Crippen LogP contribution in [0.4, 0.5) is 5.69 Å². The highest BCUT2D eigenvalue weighted by atomic mass is 16.2. The molecule has 4 nitrogen and oxygen atoms in total. The van der Waals surface area contributed by atoms with E-state index in [1.54, 1.807) is 18.3 Å². The summed E-state index contributed by atoms with van der Waals surface area (Å²) in [5.74, 6) is -0.225. The van der Waals surface area contributed by atoms with Gasteiger partial charge in [-0.25, -0.2) is 5.43 Å². The normalized spacial score (nSPS) is 10.9. The Morgan fingerprint density at radius 2 is 1.67 bits per heavy atom. The highest BCUT2D eigenvalue weighted by molar-refractivity contribution is 6.00. The lowest BCUT2D eigenvalue weighted by Gasteiger charge is -2.12. The smallest absolute Gasteiger partial charge is 0.271 e. The molecule has 0 aliphatic rings. The van der Waals surface area contributed by atoms with Crippen molar-refractivity contribution in [2.75, 3.05) is 19.0 Å². The first-order chi connectivity index (χ1) is 11.6. The SMILES string of the molecule is CN(C)c1ccc(C(=O)N/N=C/c2cccc3ccccc23)cc1. The van der Waals surface area contributed by atoms with E-state index < -0.39 is 0 Å². The molecule has 0 saturated heterocycles. The molecule has 1 N–H and O–H groups in total. The number of fused-ring (bicyclic) bond motifs is 1. The number of hydrogen-bond acceptors (Lipinski definition) is 3. The van der Waals surface area contributed by atoms with E-state index in [9.17, 15) is 4.79 Å². The van der Waals surface area contributed by atoms with E-state index in [1.165, 1.54) is 0 Å². The molecular weight excluding hydrogens is 298 g/mol. The zero-order valence-electron chi connectivity index (χ0n) is 13.7. The van der Waals surface area contributed by atoms with Crippen molar-refractivity contribution in [2.24, 2.45) is 5.10 Å². The Kier molecular flexibility index (Phi) is 4.57. The molecule has 0 aliphatic heterocycles.